The molecule has 2 aliphatic rings. The molecule has 5 heteroatoms. The predicted octanol–water partition coefficient (Wildman–Crippen LogP) is 2.14. The standard InChI is InChI=1S/C18H14ClN3O/c19-10-5-6-14-12(9-10)11-7-8-20-18(16(11)21-14)13-3-1-2-4-15(13)22-17(18)23/h1-6,9,20-21H,7-8H2,(H,22,23)/p+1/t18-/m0/s1. The molecular formula is C18H15ClN3O+. The van der Waals surface area contributed by atoms with Gasteiger partial charge in [-0.2, -0.15) is 0 Å². The number of quaternary nitrogens is 1. The molecule has 0 saturated heterocycles. The van der Waals surface area contributed by atoms with Crippen molar-refractivity contribution in [2.24, 2.45) is 0 Å². The first-order valence-electron chi connectivity index (χ1n) is 7.76. The zero-order chi connectivity index (χ0) is 15.6. The Morgan fingerprint density at radius 1 is 1.17 bits per heavy atom. The number of nitrogens with two attached hydrogens (primary N) is 1. The molecule has 5 rings (SSSR count). The third kappa shape index (κ3) is 1.57. The van der Waals surface area contributed by atoms with E-state index in [0.29, 0.717) is 0 Å². The molecule has 3 heterocycles. The lowest BCUT2D eigenvalue weighted by molar-refractivity contribution is -0.713. The van der Waals surface area contributed by atoms with Crippen LogP contribution >= 0.6 is 11.6 Å². The van der Waals surface area contributed by atoms with E-state index in [0.717, 1.165) is 45.8 Å². The van der Waals surface area contributed by atoms with Gasteiger partial charge in [0.25, 0.3) is 5.91 Å². The Labute approximate surface area is 137 Å². The van der Waals surface area contributed by atoms with Gasteiger partial charge in [0, 0.05) is 22.3 Å². The highest BCUT2D eigenvalue weighted by molar-refractivity contribution is 6.31. The minimum Gasteiger partial charge on any atom is -0.352 e. The third-order valence-corrected chi connectivity index (χ3v) is 5.30. The van der Waals surface area contributed by atoms with Crippen LogP contribution in [0.5, 0.6) is 0 Å². The normalized spacial score (nSPS) is 22.2. The number of hydrogen-bond acceptors (Lipinski definition) is 1. The third-order valence-electron chi connectivity index (χ3n) is 5.07. The quantitative estimate of drug-likeness (QED) is 0.583. The zero-order valence-electron chi connectivity index (χ0n) is 12.3. The Morgan fingerprint density at radius 2 is 2.04 bits per heavy atom. The smallest absolute Gasteiger partial charge is 0.297 e. The molecule has 2 aliphatic heterocycles. The summed E-state index contributed by atoms with van der Waals surface area (Å²) in [6.07, 6.45) is 0.923. The van der Waals surface area contributed by atoms with Crippen LogP contribution in [-0.2, 0) is 16.8 Å². The Hall–Kier alpha value is -2.30. The van der Waals surface area contributed by atoms with Crippen molar-refractivity contribution < 1.29 is 10.1 Å². The second kappa shape index (κ2) is 4.37. The summed E-state index contributed by atoms with van der Waals surface area (Å²) in [5, 5.41) is 7.03. The van der Waals surface area contributed by atoms with Gasteiger partial charge >= 0.3 is 0 Å². The molecule has 0 fully saturated rings. The first kappa shape index (κ1) is 13.2. The van der Waals surface area contributed by atoms with Crippen LogP contribution in [-0.4, -0.2) is 17.4 Å². The number of hydrogen-bond donors (Lipinski definition) is 3. The van der Waals surface area contributed by atoms with Crippen LogP contribution in [0.2, 0.25) is 5.02 Å². The average Bonchev–Trinajstić information content (AvgIpc) is 3.06. The van der Waals surface area contributed by atoms with Crippen molar-refractivity contribution in [3.8, 4) is 0 Å². The van der Waals surface area contributed by atoms with E-state index >= 15 is 0 Å². The fraction of sp³-hybridized carbons (Fsp3) is 0.167. The molecule has 4 N–H and O–H groups in total. The molecule has 0 aliphatic carbocycles. The average molecular weight is 325 g/mol. The topological polar surface area (TPSA) is 61.5 Å². The highest BCUT2D eigenvalue weighted by atomic mass is 35.5. The number of fused-ring (bicyclic) bond motifs is 6. The molecule has 23 heavy (non-hydrogen) atoms. The number of amides is 1. The summed E-state index contributed by atoms with van der Waals surface area (Å²) in [5.41, 5.74) is 4.45. The molecule has 0 radical (unpaired) electrons. The summed E-state index contributed by atoms with van der Waals surface area (Å²) in [6.45, 7) is 0.869. The van der Waals surface area contributed by atoms with Gasteiger partial charge in [-0.1, -0.05) is 23.7 Å². The van der Waals surface area contributed by atoms with Crippen molar-refractivity contribution in [3.63, 3.8) is 0 Å². The van der Waals surface area contributed by atoms with Gasteiger partial charge in [-0.05, 0) is 35.9 Å². The molecule has 1 aromatic heterocycles. The summed E-state index contributed by atoms with van der Waals surface area (Å²) in [6, 6.07) is 13.8. The molecule has 0 unspecified atom stereocenters. The Morgan fingerprint density at radius 3 is 2.96 bits per heavy atom. The van der Waals surface area contributed by atoms with E-state index in [-0.39, 0.29) is 5.91 Å². The highest BCUT2D eigenvalue weighted by Gasteiger charge is 2.55. The van der Waals surface area contributed by atoms with Gasteiger partial charge < -0.3 is 15.6 Å². The molecule has 3 aromatic rings. The zero-order valence-corrected chi connectivity index (χ0v) is 13.1. The van der Waals surface area contributed by atoms with Gasteiger partial charge in [-0.25, -0.2) is 0 Å². The van der Waals surface area contributed by atoms with Crippen LogP contribution in [0.15, 0.2) is 42.5 Å². The van der Waals surface area contributed by atoms with E-state index in [1.54, 1.807) is 0 Å². The van der Waals surface area contributed by atoms with E-state index in [1.807, 2.05) is 42.5 Å². The van der Waals surface area contributed by atoms with Gasteiger partial charge in [0.05, 0.1) is 23.5 Å². The number of benzene rings is 2. The predicted molar refractivity (Wildman–Crippen MR) is 89.7 cm³/mol. The number of halogens is 1. The first-order chi connectivity index (χ1) is 11.2. The van der Waals surface area contributed by atoms with E-state index in [9.17, 15) is 4.79 Å². The lowest BCUT2D eigenvalue weighted by Gasteiger charge is -2.29. The maximum atomic E-state index is 12.9. The van der Waals surface area contributed by atoms with Crippen LogP contribution < -0.4 is 10.6 Å². The van der Waals surface area contributed by atoms with Crippen LogP contribution in [0, 0.1) is 0 Å². The van der Waals surface area contributed by atoms with Gasteiger partial charge in [0.2, 0.25) is 5.54 Å². The number of aromatic nitrogens is 1. The van der Waals surface area contributed by atoms with Crippen LogP contribution in [0.3, 0.4) is 0 Å². The van der Waals surface area contributed by atoms with Crippen molar-refractivity contribution >= 4 is 34.1 Å². The molecule has 0 saturated carbocycles. The SMILES string of the molecule is O=C1Nc2ccccc2[C@@]12[NH2+]CCc1c2[nH]c2ccc(Cl)cc12. The molecule has 0 bridgehead atoms. The van der Waals surface area contributed by atoms with Crippen molar-refractivity contribution in [3.05, 3.63) is 64.3 Å². The Balaban J connectivity index is 1.86. The number of rotatable bonds is 0. The number of carbonyl (C=O) groups is 1. The van der Waals surface area contributed by atoms with E-state index < -0.39 is 5.54 Å². The van der Waals surface area contributed by atoms with Crippen molar-refractivity contribution in [1.82, 2.24) is 4.98 Å². The maximum Gasteiger partial charge on any atom is 0.297 e. The summed E-state index contributed by atoms with van der Waals surface area (Å²) in [7, 11) is 0. The molecule has 1 amide bonds. The van der Waals surface area contributed by atoms with Crippen molar-refractivity contribution in [1.29, 1.82) is 0 Å². The maximum absolute atomic E-state index is 12.9. The monoisotopic (exact) mass is 324 g/mol. The Kier molecular flexibility index (Phi) is 2.50. The summed E-state index contributed by atoms with van der Waals surface area (Å²) in [5.74, 6) is 0.0253. The van der Waals surface area contributed by atoms with Crippen LogP contribution in [0.1, 0.15) is 16.8 Å². The number of nitrogens with one attached hydrogen (secondary N) is 2. The summed E-state index contributed by atoms with van der Waals surface area (Å²) in [4.78, 5) is 16.4. The van der Waals surface area contributed by atoms with E-state index in [2.05, 4.69) is 15.6 Å². The fourth-order valence-electron chi connectivity index (χ4n) is 4.08. The van der Waals surface area contributed by atoms with Gasteiger partial charge in [0.15, 0.2) is 0 Å². The largest absolute Gasteiger partial charge is 0.352 e. The van der Waals surface area contributed by atoms with Crippen molar-refractivity contribution in [2.45, 2.75) is 12.0 Å². The molecule has 2 aromatic carbocycles. The van der Waals surface area contributed by atoms with Gasteiger partial charge in [-0.15, -0.1) is 0 Å². The number of para-hydroxylation sites is 1. The summed E-state index contributed by atoms with van der Waals surface area (Å²) < 4.78 is 0. The number of anilines is 1. The molecular weight excluding hydrogens is 310 g/mol. The second-order valence-corrected chi connectivity index (χ2v) is 6.66. The second-order valence-electron chi connectivity index (χ2n) is 6.22. The molecule has 1 atom stereocenters. The lowest BCUT2D eigenvalue weighted by atomic mass is 9.82. The van der Waals surface area contributed by atoms with Crippen LogP contribution in [0.25, 0.3) is 10.9 Å². The Bertz CT molecular complexity index is 978. The number of aromatic amines is 1. The lowest BCUT2D eigenvalue weighted by Crippen LogP contribution is -2.98. The van der Waals surface area contributed by atoms with Gasteiger partial charge in [0.1, 0.15) is 0 Å². The van der Waals surface area contributed by atoms with Gasteiger partial charge in [-0.3, -0.25) is 4.79 Å². The minimum atomic E-state index is -0.713. The van der Waals surface area contributed by atoms with E-state index in [4.69, 9.17) is 11.6 Å². The molecule has 4 nitrogen and oxygen atoms in total. The molecule has 114 valence electrons. The number of carbonyl (C=O) groups excluding carboxylic acids is 1. The fourth-order valence-corrected chi connectivity index (χ4v) is 4.25. The summed E-state index contributed by atoms with van der Waals surface area (Å²) >= 11 is 6.18. The van der Waals surface area contributed by atoms with Crippen molar-refractivity contribution in [2.75, 3.05) is 11.9 Å². The first-order valence-corrected chi connectivity index (χ1v) is 8.14. The number of H-pyrrole nitrogens is 1. The highest BCUT2D eigenvalue weighted by Crippen LogP contribution is 2.42. The molecule has 1 spiro atoms. The minimum absolute atomic E-state index is 0.0253. The van der Waals surface area contributed by atoms with E-state index in [1.165, 1.54) is 5.56 Å². The van der Waals surface area contributed by atoms with Crippen LogP contribution in [0.4, 0.5) is 5.69 Å².